The van der Waals surface area contributed by atoms with E-state index in [9.17, 15) is 9.59 Å². The molecule has 2 aromatic carbocycles. The highest BCUT2D eigenvalue weighted by molar-refractivity contribution is 6.39. The van der Waals surface area contributed by atoms with Gasteiger partial charge in [-0.15, -0.1) is 0 Å². The van der Waals surface area contributed by atoms with E-state index in [1.807, 2.05) is 26.0 Å². The Morgan fingerprint density at radius 3 is 2.62 bits per heavy atom. The molecule has 6 heteroatoms. The van der Waals surface area contributed by atoms with Crippen LogP contribution in [0.5, 0.6) is 5.75 Å². The maximum absolute atomic E-state index is 11.9. The third kappa shape index (κ3) is 4.67. The van der Waals surface area contributed by atoms with E-state index in [1.54, 1.807) is 37.4 Å². The summed E-state index contributed by atoms with van der Waals surface area (Å²) in [6, 6.07) is 12.8. The molecular weight excluding hydrogens is 306 g/mol. The van der Waals surface area contributed by atoms with Crippen LogP contribution in [0.15, 0.2) is 47.6 Å². The fraction of sp³-hybridized carbons (Fsp3) is 0.167. The minimum absolute atomic E-state index is 0.604. The number of amides is 2. The van der Waals surface area contributed by atoms with Crippen LogP contribution in [0.2, 0.25) is 0 Å². The van der Waals surface area contributed by atoms with Crippen molar-refractivity contribution in [1.82, 2.24) is 5.43 Å². The molecule has 2 N–H and O–H groups in total. The molecule has 0 spiro atoms. The van der Waals surface area contributed by atoms with E-state index >= 15 is 0 Å². The number of hydrogen-bond donors (Lipinski definition) is 2. The average Bonchev–Trinajstić information content (AvgIpc) is 2.58. The zero-order valence-corrected chi connectivity index (χ0v) is 13.8. The van der Waals surface area contributed by atoms with Gasteiger partial charge in [-0.2, -0.15) is 5.10 Å². The van der Waals surface area contributed by atoms with Gasteiger partial charge in [0.2, 0.25) is 0 Å². The number of nitrogens with one attached hydrogen (secondary N) is 2. The highest BCUT2D eigenvalue weighted by atomic mass is 16.5. The molecule has 0 atom stereocenters. The van der Waals surface area contributed by atoms with E-state index in [0.29, 0.717) is 11.4 Å². The Balaban J connectivity index is 1.95. The molecule has 2 aromatic rings. The van der Waals surface area contributed by atoms with Crippen LogP contribution in [0.1, 0.15) is 16.7 Å². The molecule has 0 heterocycles. The van der Waals surface area contributed by atoms with Crippen molar-refractivity contribution in [2.24, 2.45) is 5.10 Å². The summed E-state index contributed by atoms with van der Waals surface area (Å²) in [5.74, 6) is -0.931. The Kier molecular flexibility index (Phi) is 5.68. The van der Waals surface area contributed by atoms with Gasteiger partial charge in [0, 0.05) is 5.69 Å². The van der Waals surface area contributed by atoms with Crippen LogP contribution in [-0.2, 0) is 9.59 Å². The van der Waals surface area contributed by atoms with Crippen molar-refractivity contribution in [3.63, 3.8) is 0 Å². The molecular formula is C18H19N3O3. The maximum Gasteiger partial charge on any atom is 0.329 e. The Labute approximate surface area is 140 Å². The van der Waals surface area contributed by atoms with Crippen LogP contribution < -0.4 is 15.5 Å². The Hall–Kier alpha value is -3.15. The van der Waals surface area contributed by atoms with Crippen molar-refractivity contribution in [2.45, 2.75) is 13.8 Å². The van der Waals surface area contributed by atoms with Gasteiger partial charge in [-0.25, -0.2) is 5.43 Å². The van der Waals surface area contributed by atoms with Crippen molar-refractivity contribution < 1.29 is 14.3 Å². The Bertz CT molecular complexity index is 785. The number of methoxy groups -OCH3 is 1. The summed E-state index contributed by atoms with van der Waals surface area (Å²) in [5, 5.41) is 6.35. The summed E-state index contributed by atoms with van der Waals surface area (Å²) in [4.78, 5) is 23.7. The predicted octanol–water partition coefficient (Wildman–Crippen LogP) is 2.40. The first-order valence-corrected chi connectivity index (χ1v) is 7.35. The number of carbonyl (C=O) groups excluding carboxylic acids is 2. The van der Waals surface area contributed by atoms with Crippen LogP contribution in [0.25, 0.3) is 0 Å². The third-order valence-electron chi connectivity index (χ3n) is 3.32. The molecule has 0 saturated heterocycles. The summed E-state index contributed by atoms with van der Waals surface area (Å²) < 4.78 is 5.09. The number of ether oxygens (including phenoxy) is 1. The second kappa shape index (κ2) is 7.92. The zero-order chi connectivity index (χ0) is 17.5. The number of hydrogen-bond acceptors (Lipinski definition) is 4. The molecule has 2 rings (SSSR count). The highest BCUT2D eigenvalue weighted by Crippen LogP contribution is 2.16. The molecule has 0 bridgehead atoms. The van der Waals surface area contributed by atoms with Crippen LogP contribution >= 0.6 is 0 Å². The number of nitrogens with zero attached hydrogens (tertiary/aromatic N) is 1. The number of carbonyl (C=O) groups is 2. The molecule has 6 nitrogen and oxygen atoms in total. The lowest BCUT2D eigenvalue weighted by atomic mass is 10.1. The van der Waals surface area contributed by atoms with Gasteiger partial charge >= 0.3 is 11.8 Å². The van der Waals surface area contributed by atoms with E-state index in [4.69, 9.17) is 4.74 Å². The monoisotopic (exact) mass is 325 g/mol. The van der Waals surface area contributed by atoms with Crippen LogP contribution in [0, 0.1) is 13.8 Å². The standard InChI is InChI=1S/C18H19N3O3/c1-12-7-8-13(2)16(9-12)20-17(22)18(23)21-19-11-14-5-4-6-15(10-14)24-3/h4-11H,1-3H3,(H,20,22)(H,21,23). The molecule has 124 valence electrons. The lowest BCUT2D eigenvalue weighted by Gasteiger charge is -2.08. The van der Waals surface area contributed by atoms with E-state index in [2.05, 4.69) is 15.8 Å². The lowest BCUT2D eigenvalue weighted by molar-refractivity contribution is -0.136. The second-order valence-electron chi connectivity index (χ2n) is 5.25. The van der Waals surface area contributed by atoms with Gasteiger partial charge in [-0.3, -0.25) is 9.59 Å². The molecule has 0 aliphatic rings. The highest BCUT2D eigenvalue weighted by Gasteiger charge is 2.13. The summed E-state index contributed by atoms with van der Waals surface area (Å²) >= 11 is 0. The molecule has 0 fully saturated rings. The van der Waals surface area contributed by atoms with E-state index in [0.717, 1.165) is 16.7 Å². The van der Waals surface area contributed by atoms with Crippen LogP contribution in [0.3, 0.4) is 0 Å². The van der Waals surface area contributed by atoms with Gasteiger partial charge in [0.15, 0.2) is 0 Å². The van der Waals surface area contributed by atoms with Crippen LogP contribution in [-0.4, -0.2) is 25.1 Å². The minimum atomic E-state index is -0.838. The van der Waals surface area contributed by atoms with Crippen molar-refractivity contribution >= 4 is 23.7 Å². The van der Waals surface area contributed by atoms with E-state index in [-0.39, 0.29) is 0 Å². The van der Waals surface area contributed by atoms with Gasteiger partial charge in [0.1, 0.15) is 5.75 Å². The molecule has 2 amide bonds. The molecule has 0 aromatic heterocycles. The minimum Gasteiger partial charge on any atom is -0.497 e. The van der Waals surface area contributed by atoms with Gasteiger partial charge in [-0.1, -0.05) is 24.3 Å². The molecule has 0 aliphatic carbocycles. The third-order valence-corrected chi connectivity index (χ3v) is 3.32. The maximum atomic E-state index is 11.9. The quantitative estimate of drug-likeness (QED) is 0.515. The van der Waals surface area contributed by atoms with Crippen molar-refractivity contribution in [3.8, 4) is 5.75 Å². The number of hydrazone groups is 1. The number of rotatable bonds is 4. The fourth-order valence-corrected chi connectivity index (χ4v) is 1.99. The largest absolute Gasteiger partial charge is 0.497 e. The first-order chi connectivity index (χ1) is 11.5. The van der Waals surface area contributed by atoms with Gasteiger partial charge in [0.25, 0.3) is 0 Å². The SMILES string of the molecule is COc1cccc(C=NNC(=O)C(=O)Nc2cc(C)ccc2C)c1. The average molecular weight is 325 g/mol. The number of aryl methyl sites for hydroxylation is 2. The summed E-state index contributed by atoms with van der Waals surface area (Å²) in [6.07, 6.45) is 1.44. The first kappa shape index (κ1) is 17.2. The summed E-state index contributed by atoms with van der Waals surface area (Å²) in [6.45, 7) is 3.77. The molecule has 0 radical (unpaired) electrons. The first-order valence-electron chi connectivity index (χ1n) is 7.35. The molecule has 24 heavy (non-hydrogen) atoms. The number of anilines is 1. The normalized spacial score (nSPS) is 10.5. The Morgan fingerprint density at radius 1 is 1.08 bits per heavy atom. The molecule has 0 aliphatic heterocycles. The smallest absolute Gasteiger partial charge is 0.329 e. The zero-order valence-electron chi connectivity index (χ0n) is 13.8. The molecule has 0 unspecified atom stereocenters. The topological polar surface area (TPSA) is 79.8 Å². The molecule has 0 saturated carbocycles. The Morgan fingerprint density at radius 2 is 1.88 bits per heavy atom. The summed E-state index contributed by atoms with van der Waals surface area (Å²) in [7, 11) is 1.57. The van der Waals surface area contributed by atoms with Crippen molar-refractivity contribution in [3.05, 3.63) is 59.2 Å². The van der Waals surface area contributed by atoms with Crippen molar-refractivity contribution in [1.29, 1.82) is 0 Å². The predicted molar refractivity (Wildman–Crippen MR) is 93.3 cm³/mol. The summed E-state index contributed by atoms with van der Waals surface area (Å²) in [5.41, 5.74) is 5.41. The van der Waals surface area contributed by atoms with Gasteiger partial charge < -0.3 is 10.1 Å². The van der Waals surface area contributed by atoms with E-state index in [1.165, 1.54) is 6.21 Å². The van der Waals surface area contributed by atoms with E-state index < -0.39 is 11.8 Å². The van der Waals surface area contributed by atoms with Crippen LogP contribution in [0.4, 0.5) is 5.69 Å². The number of benzene rings is 2. The fourth-order valence-electron chi connectivity index (χ4n) is 1.99. The van der Waals surface area contributed by atoms with Crippen molar-refractivity contribution in [2.75, 3.05) is 12.4 Å². The van der Waals surface area contributed by atoms with Gasteiger partial charge in [0.05, 0.1) is 13.3 Å². The lowest BCUT2D eigenvalue weighted by Crippen LogP contribution is -2.32. The van der Waals surface area contributed by atoms with Gasteiger partial charge in [-0.05, 0) is 48.7 Å². The second-order valence-corrected chi connectivity index (χ2v) is 5.25.